The Morgan fingerprint density at radius 1 is 1.14 bits per heavy atom. The molecule has 0 saturated carbocycles. The van der Waals surface area contributed by atoms with Crippen LogP contribution < -0.4 is 0 Å². The third-order valence-electron chi connectivity index (χ3n) is 1.74. The highest BCUT2D eigenvalue weighted by atomic mass is 19.4. The van der Waals surface area contributed by atoms with Crippen molar-refractivity contribution in [2.24, 2.45) is 0 Å². The molecule has 0 aliphatic carbocycles. The second-order valence-electron chi connectivity index (χ2n) is 2.93. The maximum Gasteiger partial charge on any atom is 0.414 e. The summed E-state index contributed by atoms with van der Waals surface area (Å²) in [4.78, 5) is 0. The fourth-order valence-corrected chi connectivity index (χ4v) is 0.971. The lowest BCUT2D eigenvalue weighted by Crippen LogP contribution is -2.30. The second kappa shape index (κ2) is 3.88. The lowest BCUT2D eigenvalue weighted by Gasteiger charge is -2.14. The van der Waals surface area contributed by atoms with Gasteiger partial charge in [0.15, 0.2) is 6.10 Å². The highest BCUT2D eigenvalue weighted by Crippen LogP contribution is 2.23. The molecule has 0 bridgehead atoms. The minimum atomic E-state index is -4.60. The summed E-state index contributed by atoms with van der Waals surface area (Å²) in [5.74, 6) is -0.0183. The van der Waals surface area contributed by atoms with Gasteiger partial charge in [0.25, 0.3) is 0 Å². The first kappa shape index (κ1) is 10.8. The first-order valence-corrected chi connectivity index (χ1v) is 3.92. The predicted molar refractivity (Wildman–Crippen MR) is 43.9 cm³/mol. The van der Waals surface area contributed by atoms with E-state index < -0.39 is 18.7 Å². The van der Waals surface area contributed by atoms with Crippen LogP contribution >= 0.6 is 0 Å². The van der Waals surface area contributed by atoms with Gasteiger partial charge in [0, 0.05) is 6.42 Å². The summed E-state index contributed by atoms with van der Waals surface area (Å²) >= 11 is 0. The van der Waals surface area contributed by atoms with E-state index in [0.717, 1.165) is 0 Å². The summed E-state index contributed by atoms with van der Waals surface area (Å²) in [6.07, 6.45) is -7.45. The molecule has 78 valence electrons. The van der Waals surface area contributed by atoms with E-state index in [2.05, 4.69) is 0 Å². The molecule has 1 aromatic rings. The minimum Gasteiger partial charge on any atom is -0.508 e. The summed E-state index contributed by atoms with van der Waals surface area (Å²) in [6, 6.07) is 5.23. The Kier molecular flexibility index (Phi) is 3.00. The van der Waals surface area contributed by atoms with Gasteiger partial charge in [-0.1, -0.05) is 12.1 Å². The number of hydrogen-bond donors (Lipinski definition) is 2. The van der Waals surface area contributed by atoms with Crippen LogP contribution in [0, 0.1) is 0 Å². The van der Waals surface area contributed by atoms with Crippen molar-refractivity contribution in [2.45, 2.75) is 18.7 Å². The van der Waals surface area contributed by atoms with E-state index in [4.69, 9.17) is 10.2 Å². The molecule has 0 fully saturated rings. The van der Waals surface area contributed by atoms with Crippen LogP contribution in [0.5, 0.6) is 5.75 Å². The summed E-state index contributed by atoms with van der Waals surface area (Å²) in [7, 11) is 0. The van der Waals surface area contributed by atoms with Crippen LogP contribution in [0.25, 0.3) is 0 Å². The van der Waals surface area contributed by atoms with E-state index in [1.807, 2.05) is 0 Å². The maximum absolute atomic E-state index is 11.9. The number of halogens is 3. The Morgan fingerprint density at radius 2 is 1.64 bits per heavy atom. The Hall–Kier alpha value is -1.23. The Balaban J connectivity index is 2.65. The van der Waals surface area contributed by atoms with E-state index >= 15 is 0 Å². The van der Waals surface area contributed by atoms with Crippen molar-refractivity contribution in [3.05, 3.63) is 29.8 Å². The topological polar surface area (TPSA) is 40.5 Å². The zero-order valence-electron chi connectivity index (χ0n) is 7.12. The van der Waals surface area contributed by atoms with Crippen molar-refractivity contribution in [3.63, 3.8) is 0 Å². The minimum absolute atomic E-state index is 0.0183. The van der Waals surface area contributed by atoms with Crippen molar-refractivity contribution in [1.29, 1.82) is 0 Å². The Morgan fingerprint density at radius 3 is 2.07 bits per heavy atom. The number of aliphatic hydroxyl groups is 1. The standard InChI is InChI=1S/C9H9F3O2/c10-9(11,12)8(14)5-6-1-3-7(13)4-2-6/h1-4,8,13-14H,5H2/t8-/m0/s1. The molecule has 1 atom stereocenters. The zero-order valence-corrected chi connectivity index (χ0v) is 7.12. The molecular formula is C9H9F3O2. The average molecular weight is 206 g/mol. The molecule has 1 rings (SSSR count). The number of aromatic hydroxyl groups is 1. The number of aliphatic hydroxyl groups excluding tert-OH is 1. The molecule has 0 heterocycles. The zero-order chi connectivity index (χ0) is 10.8. The Bertz CT molecular complexity index is 292. The molecule has 0 aromatic heterocycles. The van der Waals surface area contributed by atoms with E-state index in [0.29, 0.717) is 5.56 Å². The van der Waals surface area contributed by atoms with Crippen LogP contribution in [0.2, 0.25) is 0 Å². The lowest BCUT2D eigenvalue weighted by molar-refractivity contribution is -0.203. The molecule has 5 heteroatoms. The molecular weight excluding hydrogens is 197 g/mol. The van der Waals surface area contributed by atoms with Crippen LogP contribution in [0.3, 0.4) is 0 Å². The maximum atomic E-state index is 11.9. The molecule has 0 aliphatic rings. The summed E-state index contributed by atoms with van der Waals surface area (Å²) < 4.78 is 35.7. The van der Waals surface area contributed by atoms with Crippen molar-refractivity contribution in [3.8, 4) is 5.75 Å². The van der Waals surface area contributed by atoms with Gasteiger partial charge in [0.1, 0.15) is 5.75 Å². The summed E-state index contributed by atoms with van der Waals surface area (Å²) in [6.45, 7) is 0. The third-order valence-corrected chi connectivity index (χ3v) is 1.74. The van der Waals surface area contributed by atoms with Gasteiger partial charge in [0.05, 0.1) is 0 Å². The molecule has 0 spiro atoms. The van der Waals surface area contributed by atoms with Crippen molar-refractivity contribution < 1.29 is 23.4 Å². The van der Waals surface area contributed by atoms with Crippen LogP contribution in [-0.2, 0) is 6.42 Å². The molecule has 2 nitrogen and oxygen atoms in total. The molecule has 0 unspecified atom stereocenters. The quantitative estimate of drug-likeness (QED) is 0.775. The number of benzene rings is 1. The summed E-state index contributed by atoms with van der Waals surface area (Å²) in [5, 5.41) is 17.6. The van der Waals surface area contributed by atoms with Gasteiger partial charge in [-0.2, -0.15) is 13.2 Å². The fraction of sp³-hybridized carbons (Fsp3) is 0.333. The van der Waals surface area contributed by atoms with E-state index in [1.54, 1.807) is 0 Å². The third kappa shape index (κ3) is 2.92. The highest BCUT2D eigenvalue weighted by molar-refractivity contribution is 5.26. The van der Waals surface area contributed by atoms with Crippen molar-refractivity contribution >= 4 is 0 Å². The SMILES string of the molecule is Oc1ccc(C[C@H](O)C(F)(F)F)cc1. The van der Waals surface area contributed by atoms with Crippen LogP contribution in [0.15, 0.2) is 24.3 Å². The van der Waals surface area contributed by atoms with Crippen LogP contribution in [0.1, 0.15) is 5.56 Å². The van der Waals surface area contributed by atoms with Gasteiger partial charge in [-0.05, 0) is 17.7 Å². The van der Waals surface area contributed by atoms with Gasteiger partial charge < -0.3 is 10.2 Å². The molecule has 0 amide bonds. The molecule has 0 aliphatic heterocycles. The summed E-state index contributed by atoms with van der Waals surface area (Å²) in [5.41, 5.74) is 0.327. The van der Waals surface area contributed by atoms with Gasteiger partial charge in [-0.3, -0.25) is 0 Å². The molecule has 1 aromatic carbocycles. The first-order valence-electron chi connectivity index (χ1n) is 3.92. The normalized spacial score (nSPS) is 14.0. The predicted octanol–water partition coefficient (Wildman–Crippen LogP) is 1.86. The molecule has 0 radical (unpaired) electrons. The van der Waals surface area contributed by atoms with E-state index in [-0.39, 0.29) is 5.75 Å². The van der Waals surface area contributed by atoms with Gasteiger partial charge >= 0.3 is 6.18 Å². The monoisotopic (exact) mass is 206 g/mol. The average Bonchev–Trinajstić information content (AvgIpc) is 2.07. The van der Waals surface area contributed by atoms with Gasteiger partial charge in [-0.15, -0.1) is 0 Å². The van der Waals surface area contributed by atoms with Crippen LogP contribution in [0.4, 0.5) is 13.2 Å². The number of phenols is 1. The molecule has 2 N–H and O–H groups in total. The smallest absolute Gasteiger partial charge is 0.414 e. The second-order valence-corrected chi connectivity index (χ2v) is 2.93. The first-order chi connectivity index (χ1) is 6.39. The van der Waals surface area contributed by atoms with E-state index in [1.165, 1.54) is 24.3 Å². The largest absolute Gasteiger partial charge is 0.508 e. The molecule has 0 saturated heterocycles. The number of phenolic OH excluding ortho intramolecular Hbond substituents is 1. The Labute approximate surface area is 78.6 Å². The number of rotatable bonds is 2. The van der Waals surface area contributed by atoms with Gasteiger partial charge in [0.2, 0.25) is 0 Å². The fourth-order valence-electron chi connectivity index (χ4n) is 0.971. The van der Waals surface area contributed by atoms with Crippen molar-refractivity contribution in [2.75, 3.05) is 0 Å². The highest BCUT2D eigenvalue weighted by Gasteiger charge is 2.37. The van der Waals surface area contributed by atoms with Gasteiger partial charge in [-0.25, -0.2) is 0 Å². The van der Waals surface area contributed by atoms with E-state index in [9.17, 15) is 13.2 Å². The number of hydrogen-bond acceptors (Lipinski definition) is 2. The lowest BCUT2D eigenvalue weighted by atomic mass is 10.1. The van der Waals surface area contributed by atoms with Crippen molar-refractivity contribution in [1.82, 2.24) is 0 Å². The number of alkyl halides is 3. The van der Waals surface area contributed by atoms with Crippen LogP contribution in [-0.4, -0.2) is 22.5 Å². The molecule has 14 heavy (non-hydrogen) atoms.